The van der Waals surface area contributed by atoms with Crippen molar-refractivity contribution in [2.45, 2.75) is 32.7 Å². The second-order valence-electron chi connectivity index (χ2n) is 4.36. The smallest absolute Gasteiger partial charge is 0.224 e. The molecule has 1 N–H and O–H groups in total. The second kappa shape index (κ2) is 6.92. The SMILES string of the molecule is CC(C)CC(CCl)NC(=O)Cc1ccsc1. The lowest BCUT2D eigenvalue weighted by Gasteiger charge is -2.17. The van der Waals surface area contributed by atoms with Crippen molar-refractivity contribution >= 4 is 28.8 Å². The highest BCUT2D eigenvalue weighted by atomic mass is 35.5. The number of carbonyl (C=O) groups excluding carboxylic acids is 1. The normalized spacial score (nSPS) is 12.8. The molecule has 2 nitrogen and oxygen atoms in total. The van der Waals surface area contributed by atoms with E-state index in [4.69, 9.17) is 11.6 Å². The van der Waals surface area contributed by atoms with Crippen LogP contribution in [0.4, 0.5) is 0 Å². The van der Waals surface area contributed by atoms with Crippen LogP contribution in [0.15, 0.2) is 16.8 Å². The molecule has 1 aromatic heterocycles. The van der Waals surface area contributed by atoms with E-state index < -0.39 is 0 Å². The van der Waals surface area contributed by atoms with Gasteiger partial charge in [-0.05, 0) is 34.7 Å². The summed E-state index contributed by atoms with van der Waals surface area (Å²) in [7, 11) is 0. The van der Waals surface area contributed by atoms with Gasteiger partial charge in [0.25, 0.3) is 0 Å². The topological polar surface area (TPSA) is 29.1 Å². The minimum Gasteiger partial charge on any atom is -0.352 e. The van der Waals surface area contributed by atoms with Crippen molar-refractivity contribution in [3.8, 4) is 0 Å². The van der Waals surface area contributed by atoms with E-state index in [2.05, 4.69) is 19.2 Å². The highest BCUT2D eigenvalue weighted by Gasteiger charge is 2.13. The van der Waals surface area contributed by atoms with Crippen molar-refractivity contribution in [2.24, 2.45) is 5.92 Å². The number of nitrogens with one attached hydrogen (secondary N) is 1. The lowest BCUT2D eigenvalue weighted by Crippen LogP contribution is -2.37. The van der Waals surface area contributed by atoms with Crippen molar-refractivity contribution in [1.29, 1.82) is 0 Å². The first-order valence-corrected chi connectivity index (χ1v) is 6.96. The number of alkyl halides is 1. The molecule has 16 heavy (non-hydrogen) atoms. The van der Waals surface area contributed by atoms with E-state index in [-0.39, 0.29) is 11.9 Å². The van der Waals surface area contributed by atoms with Gasteiger partial charge < -0.3 is 5.32 Å². The van der Waals surface area contributed by atoms with Crippen LogP contribution < -0.4 is 5.32 Å². The van der Waals surface area contributed by atoms with Gasteiger partial charge in [-0.2, -0.15) is 11.3 Å². The van der Waals surface area contributed by atoms with Crippen LogP contribution in [-0.4, -0.2) is 17.8 Å². The zero-order chi connectivity index (χ0) is 12.0. The highest BCUT2D eigenvalue weighted by Crippen LogP contribution is 2.09. The summed E-state index contributed by atoms with van der Waals surface area (Å²) in [4.78, 5) is 11.7. The fraction of sp³-hybridized carbons (Fsp3) is 0.583. The Morgan fingerprint density at radius 2 is 2.31 bits per heavy atom. The standard InChI is InChI=1S/C12H18ClNOS/c1-9(2)5-11(7-13)14-12(15)6-10-3-4-16-8-10/h3-4,8-9,11H,5-7H2,1-2H3,(H,14,15). The van der Waals surface area contributed by atoms with Crippen molar-refractivity contribution in [3.05, 3.63) is 22.4 Å². The molecule has 0 radical (unpaired) electrons. The molecule has 90 valence electrons. The molecule has 4 heteroatoms. The summed E-state index contributed by atoms with van der Waals surface area (Å²) in [6.45, 7) is 4.26. The van der Waals surface area contributed by atoms with Gasteiger partial charge in [0.2, 0.25) is 5.91 Å². The first-order chi connectivity index (χ1) is 7.61. The van der Waals surface area contributed by atoms with Crippen LogP contribution in [0, 0.1) is 5.92 Å². The molecule has 0 aliphatic carbocycles. The van der Waals surface area contributed by atoms with Gasteiger partial charge in [0.05, 0.1) is 6.42 Å². The number of carbonyl (C=O) groups is 1. The Bertz CT molecular complexity index is 311. The Kier molecular flexibility index (Phi) is 5.85. The van der Waals surface area contributed by atoms with Gasteiger partial charge in [-0.25, -0.2) is 0 Å². The molecule has 0 bridgehead atoms. The van der Waals surface area contributed by atoms with Gasteiger partial charge in [-0.1, -0.05) is 13.8 Å². The predicted molar refractivity (Wildman–Crippen MR) is 70.1 cm³/mol. The molecule has 0 spiro atoms. The van der Waals surface area contributed by atoms with Gasteiger partial charge in [-0.15, -0.1) is 11.6 Å². The molecule has 1 amide bonds. The second-order valence-corrected chi connectivity index (χ2v) is 5.45. The predicted octanol–water partition coefficient (Wildman–Crippen LogP) is 3.06. The van der Waals surface area contributed by atoms with Crippen molar-refractivity contribution in [2.75, 3.05) is 5.88 Å². The number of amides is 1. The Labute approximate surface area is 106 Å². The first-order valence-electron chi connectivity index (χ1n) is 5.48. The lowest BCUT2D eigenvalue weighted by atomic mass is 10.0. The van der Waals surface area contributed by atoms with Crippen LogP contribution in [0.2, 0.25) is 0 Å². The highest BCUT2D eigenvalue weighted by molar-refractivity contribution is 7.07. The average molecular weight is 260 g/mol. The first kappa shape index (κ1) is 13.5. The number of rotatable bonds is 6. The van der Waals surface area contributed by atoms with E-state index in [1.807, 2.05) is 16.8 Å². The van der Waals surface area contributed by atoms with Gasteiger partial charge in [0, 0.05) is 11.9 Å². The third-order valence-electron chi connectivity index (χ3n) is 2.25. The van der Waals surface area contributed by atoms with Crippen LogP contribution in [0.25, 0.3) is 0 Å². The molecule has 1 unspecified atom stereocenters. The molecule has 0 saturated carbocycles. The number of thiophene rings is 1. The summed E-state index contributed by atoms with van der Waals surface area (Å²) in [5, 5.41) is 6.95. The fourth-order valence-electron chi connectivity index (χ4n) is 1.59. The summed E-state index contributed by atoms with van der Waals surface area (Å²) >= 11 is 7.44. The largest absolute Gasteiger partial charge is 0.352 e. The Hall–Kier alpha value is -0.540. The Balaban J connectivity index is 2.37. The Morgan fingerprint density at radius 1 is 1.56 bits per heavy atom. The molecular formula is C12H18ClNOS. The minimum atomic E-state index is 0.0599. The summed E-state index contributed by atoms with van der Waals surface area (Å²) in [5.74, 6) is 1.09. The zero-order valence-corrected chi connectivity index (χ0v) is 11.3. The van der Waals surface area contributed by atoms with Gasteiger partial charge in [0.15, 0.2) is 0 Å². The van der Waals surface area contributed by atoms with E-state index in [1.54, 1.807) is 11.3 Å². The average Bonchev–Trinajstić information content (AvgIpc) is 2.68. The Morgan fingerprint density at radius 3 is 2.81 bits per heavy atom. The van der Waals surface area contributed by atoms with Gasteiger partial charge in [-0.3, -0.25) is 4.79 Å². The molecule has 0 saturated heterocycles. The summed E-state index contributed by atoms with van der Waals surface area (Å²) < 4.78 is 0. The molecular weight excluding hydrogens is 242 g/mol. The van der Waals surface area contributed by atoms with Gasteiger partial charge >= 0.3 is 0 Å². The maximum absolute atomic E-state index is 11.7. The van der Waals surface area contributed by atoms with Crippen LogP contribution in [0.5, 0.6) is 0 Å². The van der Waals surface area contributed by atoms with Crippen molar-refractivity contribution < 1.29 is 4.79 Å². The van der Waals surface area contributed by atoms with E-state index in [0.29, 0.717) is 18.2 Å². The third-order valence-corrected chi connectivity index (χ3v) is 3.36. The minimum absolute atomic E-state index is 0.0599. The molecule has 0 aliphatic heterocycles. The lowest BCUT2D eigenvalue weighted by molar-refractivity contribution is -0.121. The number of halogens is 1. The fourth-order valence-corrected chi connectivity index (χ4v) is 2.46. The maximum Gasteiger partial charge on any atom is 0.224 e. The van der Waals surface area contributed by atoms with Crippen molar-refractivity contribution in [1.82, 2.24) is 5.32 Å². The number of hydrogen-bond donors (Lipinski definition) is 1. The van der Waals surface area contributed by atoms with E-state index in [9.17, 15) is 4.79 Å². The zero-order valence-electron chi connectivity index (χ0n) is 9.70. The molecule has 0 aliphatic rings. The molecule has 1 atom stereocenters. The summed E-state index contributed by atoms with van der Waals surface area (Å²) in [5.41, 5.74) is 1.07. The summed E-state index contributed by atoms with van der Waals surface area (Å²) in [6.07, 6.45) is 1.38. The molecule has 1 rings (SSSR count). The van der Waals surface area contributed by atoms with Crippen LogP contribution in [0.1, 0.15) is 25.8 Å². The van der Waals surface area contributed by atoms with Crippen LogP contribution >= 0.6 is 22.9 Å². The van der Waals surface area contributed by atoms with E-state index in [0.717, 1.165) is 12.0 Å². The molecule has 1 heterocycles. The molecule has 1 aromatic rings. The third kappa shape index (κ3) is 4.99. The van der Waals surface area contributed by atoms with Gasteiger partial charge in [0.1, 0.15) is 0 Å². The van der Waals surface area contributed by atoms with Crippen LogP contribution in [0.3, 0.4) is 0 Å². The molecule has 0 fully saturated rings. The van der Waals surface area contributed by atoms with E-state index >= 15 is 0 Å². The number of hydrogen-bond acceptors (Lipinski definition) is 2. The summed E-state index contributed by atoms with van der Waals surface area (Å²) in [6, 6.07) is 2.07. The van der Waals surface area contributed by atoms with Crippen molar-refractivity contribution in [3.63, 3.8) is 0 Å². The quantitative estimate of drug-likeness (QED) is 0.782. The molecule has 0 aromatic carbocycles. The monoisotopic (exact) mass is 259 g/mol. The maximum atomic E-state index is 11.7. The van der Waals surface area contributed by atoms with Crippen LogP contribution in [-0.2, 0) is 11.2 Å². The van der Waals surface area contributed by atoms with E-state index in [1.165, 1.54) is 0 Å².